The van der Waals surface area contributed by atoms with Gasteiger partial charge in [-0.2, -0.15) is 16.9 Å². The van der Waals surface area contributed by atoms with Crippen LogP contribution in [0.25, 0.3) is 5.69 Å². The van der Waals surface area contributed by atoms with Crippen LogP contribution in [0.3, 0.4) is 0 Å². The Bertz CT molecular complexity index is 913. The van der Waals surface area contributed by atoms with Crippen LogP contribution in [-0.4, -0.2) is 39.6 Å². The predicted molar refractivity (Wildman–Crippen MR) is 111 cm³/mol. The summed E-state index contributed by atoms with van der Waals surface area (Å²) in [6.45, 7) is 7.57. The van der Waals surface area contributed by atoms with Crippen LogP contribution in [0.1, 0.15) is 37.1 Å². The van der Waals surface area contributed by atoms with Gasteiger partial charge in [-0.05, 0) is 42.9 Å². The van der Waals surface area contributed by atoms with Crippen molar-refractivity contribution in [3.8, 4) is 5.69 Å². The van der Waals surface area contributed by atoms with E-state index >= 15 is 0 Å². The molecule has 148 valence electrons. The maximum Gasteiger partial charge on any atom is 0.315 e. The van der Waals surface area contributed by atoms with Crippen molar-refractivity contribution in [2.45, 2.75) is 38.7 Å². The van der Waals surface area contributed by atoms with Gasteiger partial charge in [0.25, 0.3) is 0 Å². The molecule has 1 fully saturated rings. The molecule has 2 atom stereocenters. The number of amides is 2. The maximum atomic E-state index is 12.8. The third-order valence-electron chi connectivity index (χ3n) is 5.38. The standard InChI is InChI=1S/C21H26N4O2S/c1-13-5-4-6-16(8-13)25-19(17-11-28-12-18(17)23-25)22-20(26)21(27)24-9-14(2)7-15(3)10-24/h4-6,8,14-15H,7,9-12H2,1-3H3,(H,22,26)/t14-,15-/m0/s1. The fraction of sp³-hybridized carbons (Fsp3) is 0.476. The first kappa shape index (κ1) is 19.1. The summed E-state index contributed by atoms with van der Waals surface area (Å²) >= 11 is 1.77. The van der Waals surface area contributed by atoms with Gasteiger partial charge in [-0.3, -0.25) is 9.59 Å². The molecule has 7 heteroatoms. The number of carbonyl (C=O) groups is 2. The average Bonchev–Trinajstić information content (AvgIpc) is 3.23. The van der Waals surface area contributed by atoms with Gasteiger partial charge in [0, 0.05) is 30.2 Å². The van der Waals surface area contributed by atoms with E-state index in [0.717, 1.165) is 40.4 Å². The highest BCUT2D eigenvalue weighted by Gasteiger charge is 2.31. The summed E-state index contributed by atoms with van der Waals surface area (Å²) in [6, 6.07) is 7.99. The van der Waals surface area contributed by atoms with Crippen molar-refractivity contribution in [3.05, 3.63) is 41.1 Å². The number of carbonyl (C=O) groups excluding carboxylic acids is 2. The van der Waals surface area contributed by atoms with E-state index in [-0.39, 0.29) is 0 Å². The minimum absolute atomic E-state index is 0.416. The Morgan fingerprint density at radius 3 is 2.64 bits per heavy atom. The molecular formula is C21H26N4O2S. The highest BCUT2D eigenvalue weighted by atomic mass is 32.2. The Balaban J connectivity index is 1.61. The molecule has 2 aliphatic rings. The Morgan fingerprint density at radius 2 is 1.93 bits per heavy atom. The molecule has 1 saturated heterocycles. The number of benzene rings is 1. The van der Waals surface area contributed by atoms with Gasteiger partial charge in [0.05, 0.1) is 11.4 Å². The zero-order chi connectivity index (χ0) is 19.8. The van der Waals surface area contributed by atoms with Gasteiger partial charge in [-0.15, -0.1) is 0 Å². The number of nitrogens with one attached hydrogen (secondary N) is 1. The van der Waals surface area contributed by atoms with Crippen molar-refractivity contribution in [2.24, 2.45) is 11.8 Å². The highest BCUT2D eigenvalue weighted by molar-refractivity contribution is 7.98. The molecule has 4 rings (SSSR count). The fourth-order valence-corrected chi connectivity index (χ4v) is 5.26. The minimum atomic E-state index is -0.574. The smallest absolute Gasteiger partial charge is 0.315 e. The number of thioether (sulfide) groups is 1. The number of rotatable bonds is 2. The van der Waals surface area contributed by atoms with Crippen molar-refractivity contribution in [2.75, 3.05) is 18.4 Å². The molecule has 3 heterocycles. The van der Waals surface area contributed by atoms with Crippen molar-refractivity contribution in [1.82, 2.24) is 14.7 Å². The van der Waals surface area contributed by atoms with E-state index in [1.807, 2.05) is 31.2 Å². The lowest BCUT2D eigenvalue weighted by molar-refractivity contribution is -0.145. The van der Waals surface area contributed by atoms with Crippen molar-refractivity contribution in [1.29, 1.82) is 0 Å². The Kier molecular flexibility index (Phi) is 5.19. The predicted octanol–water partition coefficient (Wildman–Crippen LogP) is 3.37. The van der Waals surface area contributed by atoms with Crippen LogP contribution >= 0.6 is 11.8 Å². The number of anilines is 1. The van der Waals surface area contributed by atoms with E-state index in [4.69, 9.17) is 5.10 Å². The number of piperidine rings is 1. The molecule has 2 amide bonds. The lowest BCUT2D eigenvalue weighted by atomic mass is 9.92. The normalized spacial score (nSPS) is 21.5. The van der Waals surface area contributed by atoms with Crippen LogP contribution in [0.15, 0.2) is 24.3 Å². The highest BCUT2D eigenvalue weighted by Crippen LogP contribution is 2.36. The van der Waals surface area contributed by atoms with E-state index in [1.165, 1.54) is 0 Å². The largest absolute Gasteiger partial charge is 0.334 e. The molecule has 0 spiro atoms. The number of aryl methyl sites for hydroxylation is 1. The third kappa shape index (κ3) is 3.68. The molecule has 2 aliphatic heterocycles. The molecular weight excluding hydrogens is 372 g/mol. The van der Waals surface area contributed by atoms with Crippen LogP contribution in [-0.2, 0) is 21.1 Å². The van der Waals surface area contributed by atoms with Crippen LogP contribution in [0.5, 0.6) is 0 Å². The summed E-state index contributed by atoms with van der Waals surface area (Å²) in [5.41, 5.74) is 4.01. The summed E-state index contributed by atoms with van der Waals surface area (Å²) in [6.07, 6.45) is 1.09. The first-order chi connectivity index (χ1) is 13.4. The molecule has 0 bridgehead atoms. The maximum absolute atomic E-state index is 12.8. The molecule has 0 unspecified atom stereocenters. The monoisotopic (exact) mass is 398 g/mol. The van der Waals surface area contributed by atoms with Gasteiger partial charge < -0.3 is 10.2 Å². The molecule has 0 aliphatic carbocycles. The molecule has 1 aromatic heterocycles. The zero-order valence-corrected chi connectivity index (χ0v) is 17.4. The lowest BCUT2D eigenvalue weighted by Gasteiger charge is -2.34. The molecule has 0 saturated carbocycles. The summed E-state index contributed by atoms with van der Waals surface area (Å²) in [7, 11) is 0. The van der Waals surface area contributed by atoms with Gasteiger partial charge in [0.2, 0.25) is 0 Å². The third-order valence-corrected chi connectivity index (χ3v) is 6.35. The number of fused-ring (bicyclic) bond motifs is 1. The van der Waals surface area contributed by atoms with E-state index in [0.29, 0.717) is 30.7 Å². The quantitative estimate of drug-likeness (QED) is 0.788. The van der Waals surface area contributed by atoms with Crippen LogP contribution in [0.2, 0.25) is 0 Å². The Morgan fingerprint density at radius 1 is 1.18 bits per heavy atom. The van der Waals surface area contributed by atoms with Crippen molar-refractivity contribution < 1.29 is 9.59 Å². The molecule has 0 radical (unpaired) electrons. The Hall–Kier alpha value is -2.28. The molecule has 1 aromatic carbocycles. The van der Waals surface area contributed by atoms with E-state index in [2.05, 4.69) is 19.2 Å². The van der Waals surface area contributed by atoms with E-state index in [1.54, 1.807) is 21.3 Å². The van der Waals surface area contributed by atoms with Gasteiger partial charge in [-0.1, -0.05) is 26.0 Å². The number of aromatic nitrogens is 2. The fourth-order valence-electron chi connectivity index (χ4n) is 4.22. The second kappa shape index (κ2) is 7.62. The lowest BCUT2D eigenvalue weighted by Crippen LogP contribution is -2.47. The molecule has 2 aromatic rings. The van der Waals surface area contributed by atoms with Crippen molar-refractivity contribution in [3.63, 3.8) is 0 Å². The minimum Gasteiger partial charge on any atom is -0.334 e. The average molecular weight is 399 g/mol. The van der Waals surface area contributed by atoms with Gasteiger partial charge in [-0.25, -0.2) is 4.68 Å². The van der Waals surface area contributed by atoms with Gasteiger partial charge in [0.15, 0.2) is 0 Å². The number of nitrogens with zero attached hydrogens (tertiary/aromatic N) is 3. The first-order valence-electron chi connectivity index (χ1n) is 9.78. The summed E-state index contributed by atoms with van der Waals surface area (Å²) < 4.78 is 1.77. The summed E-state index contributed by atoms with van der Waals surface area (Å²) in [4.78, 5) is 27.3. The summed E-state index contributed by atoms with van der Waals surface area (Å²) in [5, 5.41) is 7.60. The zero-order valence-electron chi connectivity index (χ0n) is 16.6. The van der Waals surface area contributed by atoms with E-state index < -0.39 is 11.8 Å². The SMILES string of the molecule is Cc1cccc(-n2nc3c(c2NC(=O)C(=O)N2C[C@@H](C)C[C@H](C)C2)CSC3)c1. The summed E-state index contributed by atoms with van der Waals surface area (Å²) in [5.74, 6) is 2.05. The number of likely N-dealkylation sites (tertiary alicyclic amines) is 1. The Labute approximate surface area is 169 Å². The second-order valence-electron chi connectivity index (χ2n) is 8.13. The first-order valence-corrected chi connectivity index (χ1v) is 10.9. The molecule has 6 nitrogen and oxygen atoms in total. The number of hydrogen-bond acceptors (Lipinski definition) is 4. The van der Waals surface area contributed by atoms with E-state index in [9.17, 15) is 9.59 Å². The van der Waals surface area contributed by atoms with Crippen molar-refractivity contribution >= 4 is 29.4 Å². The molecule has 28 heavy (non-hydrogen) atoms. The molecule has 1 N–H and O–H groups in total. The van der Waals surface area contributed by atoms with Crippen LogP contribution in [0, 0.1) is 18.8 Å². The van der Waals surface area contributed by atoms with Gasteiger partial charge in [0.1, 0.15) is 5.82 Å². The van der Waals surface area contributed by atoms with Crippen LogP contribution < -0.4 is 5.32 Å². The second-order valence-corrected chi connectivity index (χ2v) is 9.11. The van der Waals surface area contributed by atoms with Crippen LogP contribution in [0.4, 0.5) is 5.82 Å². The number of hydrogen-bond donors (Lipinski definition) is 1. The topological polar surface area (TPSA) is 67.2 Å². The van der Waals surface area contributed by atoms with Gasteiger partial charge >= 0.3 is 11.8 Å².